The van der Waals surface area contributed by atoms with Crippen LogP contribution in [-0.2, 0) is 4.74 Å². The second-order valence-corrected chi connectivity index (χ2v) is 9.35. The lowest BCUT2D eigenvalue weighted by Crippen LogP contribution is -2.49. The molecule has 0 N–H and O–H groups in total. The van der Waals surface area contributed by atoms with Crippen LogP contribution in [0.4, 0.5) is 10.5 Å². The third-order valence-electron chi connectivity index (χ3n) is 5.49. The van der Waals surface area contributed by atoms with Crippen LogP contribution >= 0.6 is 15.9 Å². The van der Waals surface area contributed by atoms with Crippen LogP contribution in [0.5, 0.6) is 0 Å². The summed E-state index contributed by atoms with van der Waals surface area (Å²) in [6.45, 7) is 9.64. The van der Waals surface area contributed by atoms with Crippen LogP contribution in [0, 0.1) is 5.41 Å². The SMILES string of the molecule is CC(C)(C)OC(=O)N1CCC2(CC1)CCN(c1ccc(Br)cc1)CC2. The van der Waals surface area contributed by atoms with E-state index in [0.717, 1.165) is 43.5 Å². The number of halogens is 1. The third-order valence-corrected chi connectivity index (χ3v) is 6.02. The Kier molecular flexibility index (Phi) is 5.33. The van der Waals surface area contributed by atoms with Gasteiger partial charge in [-0.2, -0.15) is 0 Å². The normalized spacial score (nSPS) is 20.6. The van der Waals surface area contributed by atoms with Crippen molar-refractivity contribution >= 4 is 27.7 Å². The van der Waals surface area contributed by atoms with Crippen molar-refractivity contribution in [2.75, 3.05) is 31.1 Å². The summed E-state index contributed by atoms with van der Waals surface area (Å²) in [6.07, 6.45) is 4.46. The van der Waals surface area contributed by atoms with Crippen LogP contribution in [0.1, 0.15) is 46.5 Å². The highest BCUT2D eigenvalue weighted by Gasteiger charge is 2.39. The smallest absolute Gasteiger partial charge is 0.410 e. The topological polar surface area (TPSA) is 32.8 Å². The van der Waals surface area contributed by atoms with Crippen LogP contribution in [0.15, 0.2) is 28.7 Å². The predicted octanol–water partition coefficient (Wildman–Crippen LogP) is 5.07. The molecule has 25 heavy (non-hydrogen) atoms. The number of carbonyl (C=O) groups excluding carboxylic acids is 1. The molecule has 2 saturated heterocycles. The minimum absolute atomic E-state index is 0.158. The summed E-state index contributed by atoms with van der Waals surface area (Å²) in [7, 11) is 0. The van der Waals surface area contributed by atoms with Crippen molar-refractivity contribution in [3.05, 3.63) is 28.7 Å². The first-order chi connectivity index (χ1) is 11.8. The molecule has 1 spiro atoms. The summed E-state index contributed by atoms with van der Waals surface area (Å²) in [6, 6.07) is 8.60. The van der Waals surface area contributed by atoms with E-state index in [1.807, 2.05) is 25.7 Å². The summed E-state index contributed by atoms with van der Waals surface area (Å²) >= 11 is 3.50. The highest BCUT2D eigenvalue weighted by atomic mass is 79.9. The van der Waals surface area contributed by atoms with E-state index in [1.165, 1.54) is 18.5 Å². The van der Waals surface area contributed by atoms with Crippen molar-refractivity contribution in [3.63, 3.8) is 0 Å². The highest BCUT2D eigenvalue weighted by Crippen LogP contribution is 2.42. The molecule has 0 atom stereocenters. The zero-order chi connectivity index (χ0) is 18.1. The van der Waals surface area contributed by atoms with Crippen LogP contribution in [0.25, 0.3) is 0 Å². The van der Waals surface area contributed by atoms with Crippen molar-refractivity contribution < 1.29 is 9.53 Å². The summed E-state index contributed by atoms with van der Waals surface area (Å²) in [4.78, 5) is 16.6. The minimum Gasteiger partial charge on any atom is -0.444 e. The zero-order valence-electron chi connectivity index (χ0n) is 15.6. The molecule has 2 fully saturated rings. The van der Waals surface area contributed by atoms with E-state index >= 15 is 0 Å². The largest absolute Gasteiger partial charge is 0.444 e. The van der Waals surface area contributed by atoms with Crippen LogP contribution in [0.3, 0.4) is 0 Å². The molecule has 2 aliphatic rings. The Morgan fingerprint density at radius 1 is 1.00 bits per heavy atom. The van der Waals surface area contributed by atoms with Crippen LogP contribution < -0.4 is 4.90 Å². The van der Waals surface area contributed by atoms with E-state index in [0.29, 0.717) is 5.41 Å². The standard InChI is InChI=1S/C20H29BrN2O2/c1-19(2,3)25-18(24)23-14-10-20(11-15-23)8-12-22(13-9-20)17-6-4-16(21)5-7-17/h4-7H,8-15H2,1-3H3. The lowest BCUT2D eigenvalue weighted by molar-refractivity contribution is 0.00666. The van der Waals surface area contributed by atoms with Gasteiger partial charge in [-0.15, -0.1) is 0 Å². The maximum Gasteiger partial charge on any atom is 0.410 e. The molecule has 0 radical (unpaired) electrons. The third kappa shape index (κ3) is 4.69. The van der Waals surface area contributed by atoms with Crippen molar-refractivity contribution in [1.82, 2.24) is 4.90 Å². The number of amides is 1. The lowest BCUT2D eigenvalue weighted by atomic mass is 9.71. The molecule has 1 amide bonds. The van der Waals surface area contributed by atoms with Crippen molar-refractivity contribution in [1.29, 1.82) is 0 Å². The maximum absolute atomic E-state index is 12.2. The van der Waals surface area contributed by atoms with Gasteiger partial charge in [-0.3, -0.25) is 0 Å². The molecule has 4 nitrogen and oxygen atoms in total. The zero-order valence-corrected chi connectivity index (χ0v) is 17.1. The first-order valence-corrected chi connectivity index (χ1v) is 10.0. The molecule has 3 rings (SSSR count). The van der Waals surface area contributed by atoms with Gasteiger partial charge in [0.1, 0.15) is 5.60 Å². The number of ether oxygens (including phenoxy) is 1. The van der Waals surface area contributed by atoms with Gasteiger partial charge in [-0.25, -0.2) is 4.79 Å². The number of carbonyl (C=O) groups is 1. The Bertz CT molecular complexity index is 591. The molecule has 5 heteroatoms. The van der Waals surface area contributed by atoms with Crippen LogP contribution in [0.2, 0.25) is 0 Å². The second-order valence-electron chi connectivity index (χ2n) is 8.43. The molecule has 1 aromatic rings. The first kappa shape index (κ1) is 18.6. The Labute approximate surface area is 159 Å². The van der Waals surface area contributed by atoms with Gasteiger partial charge in [0.25, 0.3) is 0 Å². The van der Waals surface area contributed by atoms with Crippen molar-refractivity contribution in [2.24, 2.45) is 5.41 Å². The van der Waals surface area contributed by atoms with Gasteiger partial charge < -0.3 is 14.5 Å². The number of rotatable bonds is 1. The average molecular weight is 409 g/mol. The monoisotopic (exact) mass is 408 g/mol. The lowest BCUT2D eigenvalue weighted by Gasteiger charge is -2.47. The Balaban J connectivity index is 1.51. The molecular weight excluding hydrogens is 380 g/mol. The predicted molar refractivity (Wildman–Crippen MR) is 105 cm³/mol. The van der Waals surface area contributed by atoms with Crippen LogP contribution in [-0.4, -0.2) is 42.8 Å². The van der Waals surface area contributed by atoms with Gasteiger partial charge in [0, 0.05) is 36.3 Å². The minimum atomic E-state index is -0.414. The molecular formula is C20H29BrN2O2. The maximum atomic E-state index is 12.2. The molecule has 138 valence electrons. The Hall–Kier alpha value is -1.23. The van der Waals surface area contributed by atoms with Gasteiger partial charge >= 0.3 is 6.09 Å². The fourth-order valence-corrected chi connectivity index (χ4v) is 4.15. The van der Waals surface area contributed by atoms with E-state index in [-0.39, 0.29) is 6.09 Å². The van der Waals surface area contributed by atoms with Crippen molar-refractivity contribution in [3.8, 4) is 0 Å². The Morgan fingerprint density at radius 3 is 2.04 bits per heavy atom. The number of hydrogen-bond donors (Lipinski definition) is 0. The molecule has 0 bridgehead atoms. The van der Waals surface area contributed by atoms with E-state index < -0.39 is 5.60 Å². The molecule has 1 aromatic carbocycles. The van der Waals surface area contributed by atoms with Gasteiger partial charge in [-0.1, -0.05) is 15.9 Å². The average Bonchev–Trinajstić information content (AvgIpc) is 2.56. The summed E-state index contributed by atoms with van der Waals surface area (Å²) in [5.74, 6) is 0. The summed E-state index contributed by atoms with van der Waals surface area (Å²) in [5.41, 5.74) is 1.30. The fourth-order valence-electron chi connectivity index (χ4n) is 3.88. The molecule has 2 heterocycles. The van der Waals surface area contributed by atoms with E-state index in [2.05, 4.69) is 45.1 Å². The van der Waals surface area contributed by atoms with Gasteiger partial charge in [0.15, 0.2) is 0 Å². The van der Waals surface area contributed by atoms with E-state index in [4.69, 9.17) is 4.74 Å². The van der Waals surface area contributed by atoms with Gasteiger partial charge in [0.05, 0.1) is 0 Å². The molecule has 0 aliphatic carbocycles. The van der Waals surface area contributed by atoms with Crippen molar-refractivity contribution in [2.45, 2.75) is 52.1 Å². The second kappa shape index (κ2) is 7.18. The number of benzene rings is 1. The summed E-state index contributed by atoms with van der Waals surface area (Å²) < 4.78 is 6.64. The number of likely N-dealkylation sites (tertiary alicyclic amines) is 1. The number of hydrogen-bond acceptors (Lipinski definition) is 3. The number of piperidine rings is 2. The van der Waals surface area contributed by atoms with E-state index in [9.17, 15) is 4.79 Å². The molecule has 0 aromatic heterocycles. The van der Waals surface area contributed by atoms with Gasteiger partial charge in [-0.05, 0) is 76.1 Å². The fraction of sp³-hybridized carbons (Fsp3) is 0.650. The molecule has 0 unspecified atom stereocenters. The first-order valence-electron chi connectivity index (χ1n) is 9.25. The number of anilines is 1. The quantitative estimate of drug-likeness (QED) is 0.650. The molecule has 0 saturated carbocycles. The highest BCUT2D eigenvalue weighted by molar-refractivity contribution is 9.10. The van der Waals surface area contributed by atoms with Gasteiger partial charge in [0.2, 0.25) is 0 Å². The molecule has 2 aliphatic heterocycles. The Morgan fingerprint density at radius 2 is 1.52 bits per heavy atom. The summed E-state index contributed by atoms with van der Waals surface area (Å²) in [5, 5.41) is 0. The number of nitrogens with zero attached hydrogens (tertiary/aromatic N) is 2. The van der Waals surface area contributed by atoms with E-state index in [1.54, 1.807) is 0 Å².